The van der Waals surface area contributed by atoms with Crippen molar-refractivity contribution in [3.63, 3.8) is 0 Å². The third kappa shape index (κ3) is 9.65. The van der Waals surface area contributed by atoms with E-state index in [0.29, 0.717) is 18.1 Å². The van der Waals surface area contributed by atoms with E-state index in [1.165, 1.54) is 0 Å². The van der Waals surface area contributed by atoms with E-state index in [1.54, 1.807) is 0 Å². The first kappa shape index (κ1) is 16.0. The summed E-state index contributed by atoms with van der Waals surface area (Å²) >= 11 is 0. The number of hydrogen-bond acceptors (Lipinski definition) is 0. The van der Waals surface area contributed by atoms with Gasteiger partial charge in [-0.3, -0.25) is 15.6 Å². The van der Waals surface area contributed by atoms with Crippen LogP contribution in [0.5, 0.6) is 0 Å². The first-order chi connectivity index (χ1) is 5.91. The van der Waals surface area contributed by atoms with Gasteiger partial charge in [-0.1, -0.05) is 0 Å². The number of halogens is 1. The van der Waals surface area contributed by atoms with Gasteiger partial charge in [0.25, 0.3) is 0 Å². The predicted molar refractivity (Wildman–Crippen MR) is 57.6 cm³/mol. The number of rotatable bonds is 3. The van der Waals surface area contributed by atoms with Crippen LogP contribution in [0.1, 0.15) is 41.5 Å². The van der Waals surface area contributed by atoms with Crippen LogP contribution in [0.3, 0.4) is 0 Å². The second-order valence-electron chi connectivity index (χ2n) is 4.27. The molecule has 0 saturated heterocycles. The Labute approximate surface area is 94.2 Å². The molecular formula is C10H24ClN3. The lowest BCUT2D eigenvalue weighted by Crippen LogP contribution is -3.00. The SMILES string of the molecule is CC(C)NC(NC(C)C)=[NH+]C(C)C.[Cl-]. The smallest absolute Gasteiger partial charge is 0.344 e. The summed E-state index contributed by atoms with van der Waals surface area (Å²) in [5.74, 6) is 1.03. The minimum absolute atomic E-state index is 0. The Bertz CT molecular complexity index is 153. The molecule has 14 heavy (non-hydrogen) atoms. The molecule has 0 radical (unpaired) electrons. The molecule has 0 rings (SSSR count). The molecule has 0 spiro atoms. The van der Waals surface area contributed by atoms with Crippen molar-refractivity contribution < 1.29 is 17.4 Å². The monoisotopic (exact) mass is 221 g/mol. The molecule has 0 fully saturated rings. The fourth-order valence-corrected chi connectivity index (χ4v) is 0.991. The van der Waals surface area contributed by atoms with Crippen LogP contribution in [0, 0.1) is 0 Å². The summed E-state index contributed by atoms with van der Waals surface area (Å²) in [6.45, 7) is 12.8. The van der Waals surface area contributed by atoms with E-state index in [1.807, 2.05) is 0 Å². The normalized spacial score (nSPS) is 10.1. The van der Waals surface area contributed by atoms with Crippen LogP contribution in [0.25, 0.3) is 0 Å². The molecule has 4 heteroatoms. The van der Waals surface area contributed by atoms with Gasteiger partial charge in [-0.15, -0.1) is 0 Å². The molecule has 0 saturated carbocycles. The van der Waals surface area contributed by atoms with E-state index in [4.69, 9.17) is 0 Å². The molecule has 0 amide bonds. The van der Waals surface area contributed by atoms with Gasteiger partial charge in [0.15, 0.2) is 0 Å². The zero-order valence-electron chi connectivity index (χ0n) is 10.1. The molecule has 0 unspecified atom stereocenters. The Balaban J connectivity index is 0. The molecule has 0 aliphatic carbocycles. The van der Waals surface area contributed by atoms with Gasteiger partial charge in [0, 0.05) is 0 Å². The number of nitrogens with one attached hydrogen (secondary N) is 3. The van der Waals surface area contributed by atoms with Crippen molar-refractivity contribution in [3.05, 3.63) is 0 Å². The van der Waals surface area contributed by atoms with Crippen LogP contribution >= 0.6 is 0 Å². The molecule has 0 heterocycles. The van der Waals surface area contributed by atoms with Crippen LogP contribution in [0.2, 0.25) is 0 Å². The Hall–Kier alpha value is -0.440. The molecule has 0 aromatic rings. The van der Waals surface area contributed by atoms with Crippen LogP contribution in [-0.2, 0) is 0 Å². The zero-order valence-corrected chi connectivity index (χ0v) is 10.9. The highest BCUT2D eigenvalue weighted by molar-refractivity contribution is 5.74. The topological polar surface area (TPSA) is 38.0 Å². The summed E-state index contributed by atoms with van der Waals surface area (Å²) in [5.41, 5.74) is 0. The van der Waals surface area contributed by atoms with Crippen molar-refractivity contribution in [1.29, 1.82) is 0 Å². The van der Waals surface area contributed by atoms with E-state index < -0.39 is 0 Å². The summed E-state index contributed by atoms with van der Waals surface area (Å²) < 4.78 is 0. The van der Waals surface area contributed by atoms with Crippen molar-refractivity contribution in [2.45, 2.75) is 59.7 Å². The molecule has 0 aromatic heterocycles. The minimum Gasteiger partial charge on any atom is -1.00 e. The van der Waals surface area contributed by atoms with Crippen LogP contribution in [0.15, 0.2) is 0 Å². The van der Waals surface area contributed by atoms with Gasteiger partial charge in [-0.2, -0.15) is 0 Å². The Kier molecular flexibility index (Phi) is 9.05. The molecule has 0 aliphatic rings. The van der Waals surface area contributed by atoms with Gasteiger partial charge < -0.3 is 12.4 Å². The third-order valence-electron chi connectivity index (χ3n) is 1.30. The second kappa shape index (κ2) is 7.92. The van der Waals surface area contributed by atoms with Crippen LogP contribution in [0.4, 0.5) is 0 Å². The molecule has 0 aliphatic heterocycles. The van der Waals surface area contributed by atoms with Crippen molar-refractivity contribution in [1.82, 2.24) is 10.6 Å². The summed E-state index contributed by atoms with van der Waals surface area (Å²) in [7, 11) is 0. The predicted octanol–water partition coefficient (Wildman–Crippen LogP) is -3.17. The van der Waals surface area contributed by atoms with Crippen molar-refractivity contribution in [2.75, 3.05) is 0 Å². The molecular weight excluding hydrogens is 198 g/mol. The van der Waals surface area contributed by atoms with Crippen molar-refractivity contribution in [3.8, 4) is 0 Å². The van der Waals surface area contributed by atoms with Crippen LogP contribution in [-0.4, -0.2) is 24.1 Å². The fourth-order valence-electron chi connectivity index (χ4n) is 0.991. The van der Waals surface area contributed by atoms with Crippen LogP contribution < -0.4 is 28.0 Å². The maximum absolute atomic E-state index is 3.34. The minimum atomic E-state index is 0. The summed E-state index contributed by atoms with van der Waals surface area (Å²) in [4.78, 5) is 3.34. The Morgan fingerprint density at radius 3 is 1.43 bits per heavy atom. The maximum Gasteiger partial charge on any atom is 0.344 e. The summed E-state index contributed by atoms with van der Waals surface area (Å²) in [5, 5.41) is 6.67. The van der Waals surface area contributed by atoms with Crippen molar-refractivity contribution in [2.24, 2.45) is 0 Å². The molecule has 86 valence electrons. The van der Waals surface area contributed by atoms with Gasteiger partial charge >= 0.3 is 5.96 Å². The molecule has 0 aromatic carbocycles. The molecule has 3 nitrogen and oxygen atoms in total. The average molecular weight is 222 g/mol. The highest BCUT2D eigenvalue weighted by atomic mass is 35.5. The quantitative estimate of drug-likeness (QED) is 0.348. The molecule has 3 N–H and O–H groups in total. The van der Waals surface area contributed by atoms with E-state index in [-0.39, 0.29) is 12.4 Å². The Morgan fingerprint density at radius 1 is 0.857 bits per heavy atom. The first-order valence-corrected chi connectivity index (χ1v) is 5.08. The number of hydrogen-bond donors (Lipinski definition) is 3. The number of guanidine groups is 1. The van der Waals surface area contributed by atoms with Gasteiger partial charge in [0.2, 0.25) is 0 Å². The largest absolute Gasteiger partial charge is 1.00 e. The zero-order chi connectivity index (χ0) is 10.4. The summed E-state index contributed by atoms with van der Waals surface area (Å²) in [6, 6.07) is 1.35. The van der Waals surface area contributed by atoms with Gasteiger partial charge in [-0.25, -0.2) is 0 Å². The standard InChI is InChI=1S/C10H23N3.ClH/c1-7(2)11-10(12-8(3)4)13-9(5)6;/h7-9H,1-6H3,(H2,11,12,13);1H. The fraction of sp³-hybridized carbons (Fsp3) is 0.900. The molecule has 0 bridgehead atoms. The molecule has 0 atom stereocenters. The van der Waals surface area contributed by atoms with E-state index >= 15 is 0 Å². The lowest BCUT2D eigenvalue weighted by Gasteiger charge is -2.11. The van der Waals surface area contributed by atoms with Gasteiger partial charge in [0.05, 0.1) is 18.1 Å². The first-order valence-electron chi connectivity index (χ1n) is 5.08. The van der Waals surface area contributed by atoms with Gasteiger partial charge in [0.1, 0.15) is 0 Å². The summed E-state index contributed by atoms with van der Waals surface area (Å²) in [6.07, 6.45) is 0. The lowest BCUT2D eigenvalue weighted by molar-refractivity contribution is -0.498. The van der Waals surface area contributed by atoms with E-state index in [0.717, 1.165) is 5.96 Å². The Morgan fingerprint density at radius 2 is 1.21 bits per heavy atom. The van der Waals surface area contributed by atoms with E-state index in [2.05, 4.69) is 57.2 Å². The lowest BCUT2D eigenvalue weighted by atomic mass is 10.3. The second-order valence-corrected chi connectivity index (χ2v) is 4.27. The highest BCUT2D eigenvalue weighted by Crippen LogP contribution is 1.77. The van der Waals surface area contributed by atoms with E-state index in [9.17, 15) is 0 Å². The van der Waals surface area contributed by atoms with Crippen molar-refractivity contribution >= 4 is 5.96 Å². The highest BCUT2D eigenvalue weighted by Gasteiger charge is 2.10. The average Bonchev–Trinajstić information content (AvgIpc) is 1.80. The maximum atomic E-state index is 3.34. The third-order valence-corrected chi connectivity index (χ3v) is 1.30. The van der Waals surface area contributed by atoms with Gasteiger partial charge in [-0.05, 0) is 41.5 Å².